The van der Waals surface area contributed by atoms with Crippen LogP contribution in [-0.4, -0.2) is 67.0 Å². The van der Waals surface area contributed by atoms with E-state index in [4.69, 9.17) is 5.73 Å². The van der Waals surface area contributed by atoms with Gasteiger partial charge in [0.2, 0.25) is 0 Å². The van der Waals surface area contributed by atoms with Crippen molar-refractivity contribution in [1.82, 2.24) is 21.3 Å². The van der Waals surface area contributed by atoms with Crippen LogP contribution in [0.2, 0.25) is 0 Å². The first-order chi connectivity index (χ1) is 12.9. The molecule has 0 radical (unpaired) electrons. The molecule has 1 aliphatic heterocycles. The average molecular weight is 382 g/mol. The van der Waals surface area contributed by atoms with Crippen LogP contribution in [-0.2, 0) is 4.79 Å². The van der Waals surface area contributed by atoms with Crippen molar-refractivity contribution < 1.29 is 9.90 Å². The van der Waals surface area contributed by atoms with Gasteiger partial charge in [-0.1, -0.05) is 25.7 Å². The summed E-state index contributed by atoms with van der Waals surface area (Å²) in [6.45, 7) is 4.72. The number of nitrogens with one attached hydrogen (secondary N) is 4. The molecule has 4 atom stereocenters. The van der Waals surface area contributed by atoms with Gasteiger partial charge in [-0.25, -0.2) is 0 Å². The molecule has 2 saturated carbocycles. The standard InChI is InChI=1S/C20H39N5O2/c1-20(21)12-24-17-8-4-2-6-15(17)22-10-14(19(26)27)11-23-16-7-3-5-9-18(16)25-13-20/h14-18,22-25H,2-13,21H2,1H3,(H,26,27)/t14?,15-,16-,17-,18-,20?/m1/s1. The summed E-state index contributed by atoms with van der Waals surface area (Å²) >= 11 is 0. The zero-order valence-electron chi connectivity index (χ0n) is 16.8. The monoisotopic (exact) mass is 381 g/mol. The Morgan fingerprint density at radius 2 is 1.19 bits per heavy atom. The van der Waals surface area contributed by atoms with Crippen molar-refractivity contribution in [2.75, 3.05) is 26.2 Å². The number of fused-ring (bicyclic) bond motifs is 2. The van der Waals surface area contributed by atoms with Gasteiger partial charge in [0, 0.05) is 55.9 Å². The van der Waals surface area contributed by atoms with Gasteiger partial charge in [-0.05, 0) is 32.6 Å². The van der Waals surface area contributed by atoms with Crippen molar-refractivity contribution in [3.8, 4) is 0 Å². The van der Waals surface area contributed by atoms with Gasteiger partial charge in [-0.15, -0.1) is 0 Å². The molecular formula is C20H39N5O2. The molecule has 1 saturated heterocycles. The van der Waals surface area contributed by atoms with Gasteiger partial charge in [-0.2, -0.15) is 0 Å². The van der Waals surface area contributed by atoms with E-state index in [2.05, 4.69) is 28.2 Å². The van der Waals surface area contributed by atoms with Crippen LogP contribution in [0.25, 0.3) is 0 Å². The van der Waals surface area contributed by atoms with Crippen LogP contribution in [0.3, 0.4) is 0 Å². The molecule has 0 aromatic carbocycles. The Morgan fingerprint density at radius 3 is 1.56 bits per heavy atom. The summed E-state index contributed by atoms with van der Waals surface area (Å²) in [7, 11) is 0. The highest BCUT2D eigenvalue weighted by Crippen LogP contribution is 2.21. The van der Waals surface area contributed by atoms with E-state index >= 15 is 0 Å². The summed E-state index contributed by atoms with van der Waals surface area (Å²) in [5, 5.41) is 24.2. The number of carboxylic acids is 1. The maximum absolute atomic E-state index is 11.8. The van der Waals surface area contributed by atoms with Gasteiger partial charge in [0.25, 0.3) is 0 Å². The molecule has 7 N–H and O–H groups in total. The molecule has 3 fully saturated rings. The van der Waals surface area contributed by atoms with Crippen molar-refractivity contribution in [2.24, 2.45) is 11.7 Å². The third-order valence-electron chi connectivity index (χ3n) is 6.67. The van der Waals surface area contributed by atoms with E-state index < -0.39 is 11.9 Å². The average Bonchev–Trinajstić information content (AvgIpc) is 2.65. The Balaban J connectivity index is 1.71. The summed E-state index contributed by atoms with van der Waals surface area (Å²) in [4.78, 5) is 11.8. The molecule has 0 unspecified atom stereocenters. The van der Waals surface area contributed by atoms with E-state index in [0.717, 1.165) is 38.8 Å². The Morgan fingerprint density at radius 1 is 0.815 bits per heavy atom. The zero-order chi connectivity index (χ0) is 19.3. The van der Waals surface area contributed by atoms with E-state index in [9.17, 15) is 9.90 Å². The fraction of sp³-hybridized carbons (Fsp3) is 0.950. The highest BCUT2D eigenvalue weighted by molar-refractivity contribution is 5.70. The minimum absolute atomic E-state index is 0.294. The predicted molar refractivity (Wildman–Crippen MR) is 108 cm³/mol. The third-order valence-corrected chi connectivity index (χ3v) is 6.67. The maximum Gasteiger partial charge on any atom is 0.309 e. The lowest BCUT2D eigenvalue weighted by molar-refractivity contribution is -0.141. The molecule has 27 heavy (non-hydrogen) atoms. The van der Waals surface area contributed by atoms with E-state index in [1.807, 2.05) is 0 Å². The van der Waals surface area contributed by atoms with Crippen LogP contribution in [0.4, 0.5) is 0 Å². The second kappa shape index (κ2) is 9.65. The minimum Gasteiger partial charge on any atom is -0.481 e. The van der Waals surface area contributed by atoms with Crippen LogP contribution in [0.5, 0.6) is 0 Å². The van der Waals surface area contributed by atoms with Crippen molar-refractivity contribution in [2.45, 2.75) is 88.0 Å². The number of hydrogen-bond donors (Lipinski definition) is 6. The van der Waals surface area contributed by atoms with Gasteiger partial charge in [0.1, 0.15) is 0 Å². The summed E-state index contributed by atoms with van der Waals surface area (Å²) in [6, 6.07) is 1.40. The normalized spacial score (nSPS) is 42.4. The van der Waals surface area contributed by atoms with Crippen molar-refractivity contribution in [1.29, 1.82) is 0 Å². The molecule has 1 heterocycles. The lowest BCUT2D eigenvalue weighted by atomic mass is 9.87. The molecule has 0 aromatic rings. The molecule has 0 amide bonds. The molecule has 2 aliphatic carbocycles. The lowest BCUT2D eigenvalue weighted by Gasteiger charge is -2.39. The summed E-state index contributed by atoms with van der Waals surface area (Å²) in [6.07, 6.45) is 9.31. The predicted octanol–water partition coefficient (Wildman–Crippen LogP) is 0.399. The molecule has 0 spiro atoms. The van der Waals surface area contributed by atoms with Gasteiger partial charge >= 0.3 is 5.97 Å². The molecule has 3 rings (SSSR count). The molecular weight excluding hydrogens is 342 g/mol. The van der Waals surface area contributed by atoms with Crippen molar-refractivity contribution in [3.63, 3.8) is 0 Å². The Labute approximate surface area is 163 Å². The fourth-order valence-electron chi connectivity index (χ4n) is 4.86. The van der Waals surface area contributed by atoms with Crippen LogP contribution in [0.15, 0.2) is 0 Å². The Bertz CT molecular complexity index is 453. The SMILES string of the molecule is CC1(N)CN[C@@H]2CCCC[C@H]2NCC(C(=O)O)CN[C@@H]2CCCC[C@H]2NC1. The number of aliphatic carboxylic acids is 1. The van der Waals surface area contributed by atoms with Crippen LogP contribution in [0.1, 0.15) is 58.3 Å². The van der Waals surface area contributed by atoms with Gasteiger partial charge in [-0.3, -0.25) is 4.79 Å². The maximum atomic E-state index is 11.8. The van der Waals surface area contributed by atoms with Crippen molar-refractivity contribution in [3.05, 3.63) is 0 Å². The van der Waals surface area contributed by atoms with Gasteiger partial charge < -0.3 is 32.1 Å². The van der Waals surface area contributed by atoms with E-state index in [1.54, 1.807) is 0 Å². The summed E-state index contributed by atoms with van der Waals surface area (Å²) < 4.78 is 0. The second-order valence-electron chi connectivity index (χ2n) is 9.26. The lowest BCUT2D eigenvalue weighted by Crippen LogP contribution is -2.62. The highest BCUT2D eigenvalue weighted by atomic mass is 16.4. The molecule has 0 bridgehead atoms. The molecule has 3 aliphatic rings. The Kier molecular flexibility index (Phi) is 7.50. The molecule has 0 aromatic heterocycles. The number of hydrogen-bond acceptors (Lipinski definition) is 6. The minimum atomic E-state index is -0.711. The van der Waals surface area contributed by atoms with E-state index in [1.165, 1.54) is 25.7 Å². The topological polar surface area (TPSA) is 111 Å². The fourth-order valence-corrected chi connectivity index (χ4v) is 4.86. The highest BCUT2D eigenvalue weighted by Gasteiger charge is 2.32. The third kappa shape index (κ3) is 6.12. The summed E-state index contributed by atoms with van der Waals surface area (Å²) in [5.74, 6) is -1.10. The molecule has 7 heteroatoms. The zero-order valence-corrected chi connectivity index (χ0v) is 16.8. The first-order valence-electron chi connectivity index (χ1n) is 10.9. The molecule has 156 valence electrons. The van der Waals surface area contributed by atoms with Crippen molar-refractivity contribution >= 4 is 5.97 Å². The second-order valence-corrected chi connectivity index (χ2v) is 9.26. The van der Waals surface area contributed by atoms with Crippen LogP contribution in [0, 0.1) is 5.92 Å². The van der Waals surface area contributed by atoms with Gasteiger partial charge in [0.15, 0.2) is 0 Å². The first kappa shape index (κ1) is 21.0. The smallest absolute Gasteiger partial charge is 0.309 e. The molecule has 7 nitrogen and oxygen atoms in total. The van der Waals surface area contributed by atoms with Crippen LogP contribution < -0.4 is 27.0 Å². The van der Waals surface area contributed by atoms with E-state index in [0.29, 0.717) is 37.3 Å². The number of carbonyl (C=O) groups is 1. The number of nitrogens with two attached hydrogens (primary N) is 1. The van der Waals surface area contributed by atoms with E-state index in [-0.39, 0.29) is 5.54 Å². The number of rotatable bonds is 1. The largest absolute Gasteiger partial charge is 0.481 e. The number of carboxylic acid groups (broad SMARTS) is 1. The van der Waals surface area contributed by atoms with Gasteiger partial charge in [0.05, 0.1) is 5.92 Å². The summed E-state index contributed by atoms with van der Waals surface area (Å²) in [5.41, 5.74) is 6.30. The van der Waals surface area contributed by atoms with Crippen LogP contribution >= 0.6 is 0 Å². The quantitative estimate of drug-likeness (QED) is 0.390. The Hall–Kier alpha value is -0.730. The first-order valence-corrected chi connectivity index (χ1v) is 10.9.